The number of hydrogen-bond acceptors (Lipinski definition) is 3. The Morgan fingerprint density at radius 3 is 3.00 bits per heavy atom. The fourth-order valence-electron chi connectivity index (χ4n) is 1.43. The van der Waals surface area contributed by atoms with Crippen LogP contribution < -0.4 is 5.32 Å². The maximum absolute atomic E-state index is 11.6. The molecule has 0 aromatic rings. The van der Waals surface area contributed by atoms with Crippen molar-refractivity contribution in [3.63, 3.8) is 0 Å². The lowest BCUT2D eigenvalue weighted by Crippen LogP contribution is -2.40. The molecule has 3 nitrogen and oxygen atoms in total. The van der Waals surface area contributed by atoms with Gasteiger partial charge in [0.1, 0.15) is 0 Å². The first-order chi connectivity index (χ1) is 6.19. The van der Waals surface area contributed by atoms with Crippen LogP contribution in [0.15, 0.2) is 0 Å². The van der Waals surface area contributed by atoms with Gasteiger partial charge in [-0.05, 0) is 31.9 Å². The molecule has 2 N–H and O–H groups in total. The number of carbonyl (C=O) groups is 1. The van der Waals surface area contributed by atoms with Crippen LogP contribution in [0.4, 0.5) is 0 Å². The first-order valence-electron chi connectivity index (χ1n) is 4.72. The van der Waals surface area contributed by atoms with E-state index in [1.807, 2.05) is 6.92 Å². The Hall–Kier alpha value is -0.220. The molecule has 1 heterocycles. The molecule has 0 aliphatic carbocycles. The van der Waals surface area contributed by atoms with Crippen molar-refractivity contribution in [3.8, 4) is 0 Å². The van der Waals surface area contributed by atoms with Crippen LogP contribution in [0.1, 0.15) is 26.2 Å². The lowest BCUT2D eigenvalue weighted by Gasteiger charge is -2.21. The number of aliphatic hydroxyl groups is 1. The Morgan fingerprint density at radius 2 is 2.46 bits per heavy atom. The summed E-state index contributed by atoms with van der Waals surface area (Å²) in [5, 5.41) is 11.4. The molecule has 1 aliphatic heterocycles. The predicted octanol–water partition coefficient (Wildman–Crippen LogP) is 0.771. The number of rotatable bonds is 4. The van der Waals surface area contributed by atoms with E-state index in [1.54, 1.807) is 11.8 Å². The van der Waals surface area contributed by atoms with E-state index in [2.05, 4.69) is 5.32 Å². The molecule has 0 radical (unpaired) electrons. The molecule has 1 unspecified atom stereocenters. The topological polar surface area (TPSA) is 49.3 Å². The molecule has 0 saturated carbocycles. The number of carbonyl (C=O) groups excluding carboxylic acids is 1. The second-order valence-corrected chi connectivity index (χ2v) is 5.11. The van der Waals surface area contributed by atoms with Gasteiger partial charge in [-0.3, -0.25) is 4.79 Å². The third-order valence-corrected chi connectivity index (χ3v) is 3.84. The van der Waals surface area contributed by atoms with E-state index in [0.29, 0.717) is 13.0 Å². The summed E-state index contributed by atoms with van der Waals surface area (Å²) in [6, 6.07) is 0. The van der Waals surface area contributed by atoms with E-state index in [4.69, 9.17) is 5.11 Å². The Balaban J connectivity index is 2.29. The zero-order valence-corrected chi connectivity index (χ0v) is 8.82. The lowest BCUT2D eigenvalue weighted by molar-refractivity contribution is -0.123. The Morgan fingerprint density at radius 1 is 1.69 bits per heavy atom. The normalized spacial score (nSPS) is 27.5. The van der Waals surface area contributed by atoms with Gasteiger partial charge in [0, 0.05) is 13.2 Å². The highest BCUT2D eigenvalue weighted by Crippen LogP contribution is 2.37. The highest BCUT2D eigenvalue weighted by molar-refractivity contribution is 8.01. The zero-order valence-electron chi connectivity index (χ0n) is 8.01. The minimum atomic E-state index is -0.213. The van der Waals surface area contributed by atoms with Crippen LogP contribution in [0.25, 0.3) is 0 Å². The number of hydrogen-bond donors (Lipinski definition) is 2. The van der Waals surface area contributed by atoms with Crippen LogP contribution in [0.3, 0.4) is 0 Å². The molecular weight excluding hydrogens is 186 g/mol. The van der Waals surface area contributed by atoms with Gasteiger partial charge in [-0.15, -0.1) is 11.8 Å². The van der Waals surface area contributed by atoms with Crippen LogP contribution in [-0.2, 0) is 4.79 Å². The van der Waals surface area contributed by atoms with Crippen molar-refractivity contribution in [1.82, 2.24) is 5.32 Å². The van der Waals surface area contributed by atoms with E-state index < -0.39 is 0 Å². The van der Waals surface area contributed by atoms with Crippen molar-refractivity contribution >= 4 is 17.7 Å². The molecule has 13 heavy (non-hydrogen) atoms. The summed E-state index contributed by atoms with van der Waals surface area (Å²) >= 11 is 1.74. The largest absolute Gasteiger partial charge is 0.396 e. The Labute approximate surface area is 83.3 Å². The molecule has 0 aromatic carbocycles. The summed E-state index contributed by atoms with van der Waals surface area (Å²) in [5.74, 6) is 1.22. The summed E-state index contributed by atoms with van der Waals surface area (Å²) in [5.41, 5.74) is 0. The van der Waals surface area contributed by atoms with Crippen LogP contribution >= 0.6 is 11.8 Å². The molecule has 1 fully saturated rings. The average Bonchev–Trinajstić information content (AvgIpc) is 2.54. The van der Waals surface area contributed by atoms with Crippen molar-refractivity contribution in [1.29, 1.82) is 0 Å². The van der Waals surface area contributed by atoms with Crippen LogP contribution in [0.5, 0.6) is 0 Å². The van der Waals surface area contributed by atoms with Crippen LogP contribution in [-0.4, -0.2) is 34.7 Å². The first kappa shape index (κ1) is 10.9. The second kappa shape index (κ2) is 4.86. The number of aliphatic hydroxyl groups excluding tert-OH is 1. The van der Waals surface area contributed by atoms with Gasteiger partial charge in [-0.2, -0.15) is 0 Å². The summed E-state index contributed by atoms with van der Waals surface area (Å²) in [7, 11) is 0. The molecule has 0 bridgehead atoms. The van der Waals surface area contributed by atoms with Crippen molar-refractivity contribution < 1.29 is 9.90 Å². The molecule has 1 rings (SSSR count). The third-order valence-electron chi connectivity index (χ3n) is 2.32. The summed E-state index contributed by atoms with van der Waals surface area (Å²) in [4.78, 5) is 11.6. The molecule has 1 aliphatic rings. The average molecular weight is 203 g/mol. The van der Waals surface area contributed by atoms with E-state index in [1.165, 1.54) is 0 Å². The molecule has 1 atom stereocenters. The SMILES string of the molecule is CC1(C(=O)NCCCO)CCCS1. The first-order valence-corrected chi connectivity index (χ1v) is 5.71. The lowest BCUT2D eigenvalue weighted by atomic mass is 10.1. The smallest absolute Gasteiger partial charge is 0.235 e. The summed E-state index contributed by atoms with van der Waals surface area (Å²) in [6.45, 7) is 2.73. The Bertz CT molecular complexity index is 178. The molecule has 1 saturated heterocycles. The van der Waals surface area contributed by atoms with Crippen LogP contribution in [0, 0.1) is 0 Å². The minimum absolute atomic E-state index is 0.128. The van der Waals surface area contributed by atoms with Crippen molar-refractivity contribution in [3.05, 3.63) is 0 Å². The highest BCUT2D eigenvalue weighted by atomic mass is 32.2. The van der Waals surface area contributed by atoms with Gasteiger partial charge >= 0.3 is 0 Å². The summed E-state index contributed by atoms with van der Waals surface area (Å²) in [6.07, 6.45) is 2.75. The monoisotopic (exact) mass is 203 g/mol. The second-order valence-electron chi connectivity index (χ2n) is 3.52. The standard InChI is InChI=1S/C9H17NO2S/c1-9(4-2-7-13-9)8(12)10-5-3-6-11/h11H,2-7H2,1H3,(H,10,12). The van der Waals surface area contributed by atoms with Crippen LogP contribution in [0.2, 0.25) is 0 Å². The fourth-order valence-corrected chi connectivity index (χ4v) is 2.66. The van der Waals surface area contributed by atoms with Gasteiger partial charge in [0.2, 0.25) is 5.91 Å². The van der Waals surface area contributed by atoms with E-state index in [0.717, 1.165) is 18.6 Å². The molecular formula is C9H17NO2S. The fraction of sp³-hybridized carbons (Fsp3) is 0.889. The van der Waals surface area contributed by atoms with Crippen molar-refractivity contribution in [2.45, 2.75) is 30.9 Å². The molecule has 0 aromatic heterocycles. The maximum Gasteiger partial charge on any atom is 0.235 e. The zero-order chi connectivity index (χ0) is 9.73. The molecule has 0 spiro atoms. The highest BCUT2D eigenvalue weighted by Gasteiger charge is 2.36. The number of nitrogens with one attached hydrogen (secondary N) is 1. The molecule has 76 valence electrons. The van der Waals surface area contributed by atoms with Gasteiger partial charge in [-0.25, -0.2) is 0 Å². The van der Waals surface area contributed by atoms with Gasteiger partial charge < -0.3 is 10.4 Å². The van der Waals surface area contributed by atoms with E-state index >= 15 is 0 Å². The Kier molecular flexibility index (Phi) is 4.06. The third kappa shape index (κ3) is 2.88. The number of amides is 1. The van der Waals surface area contributed by atoms with Crippen molar-refractivity contribution in [2.75, 3.05) is 18.9 Å². The van der Waals surface area contributed by atoms with Gasteiger partial charge in [0.15, 0.2) is 0 Å². The van der Waals surface area contributed by atoms with Gasteiger partial charge in [0.25, 0.3) is 0 Å². The summed E-state index contributed by atoms with van der Waals surface area (Å²) < 4.78 is -0.213. The maximum atomic E-state index is 11.6. The number of thioether (sulfide) groups is 1. The van der Waals surface area contributed by atoms with E-state index in [-0.39, 0.29) is 17.3 Å². The predicted molar refractivity (Wildman–Crippen MR) is 54.8 cm³/mol. The molecule has 4 heteroatoms. The molecule has 1 amide bonds. The van der Waals surface area contributed by atoms with Gasteiger partial charge in [0.05, 0.1) is 4.75 Å². The quantitative estimate of drug-likeness (QED) is 0.664. The minimum Gasteiger partial charge on any atom is -0.396 e. The van der Waals surface area contributed by atoms with Gasteiger partial charge in [-0.1, -0.05) is 0 Å². The van der Waals surface area contributed by atoms with E-state index in [9.17, 15) is 4.79 Å². The van der Waals surface area contributed by atoms with Crippen molar-refractivity contribution in [2.24, 2.45) is 0 Å².